The van der Waals surface area contributed by atoms with E-state index >= 15 is 0 Å². The van der Waals surface area contributed by atoms with Crippen molar-refractivity contribution in [1.29, 1.82) is 0 Å². The van der Waals surface area contributed by atoms with Gasteiger partial charge in [0.05, 0.1) is 0 Å². The van der Waals surface area contributed by atoms with Gasteiger partial charge in [0.15, 0.2) is 0 Å². The van der Waals surface area contributed by atoms with Crippen LogP contribution in [0.2, 0.25) is 10.3 Å². The molecule has 5 nitrogen and oxygen atoms in total. The number of rotatable bonds is 3. The first kappa shape index (κ1) is 20.6. The Balaban J connectivity index is 2.99. The Morgan fingerprint density at radius 1 is 1.08 bits per heavy atom. The number of imidazole rings is 1. The van der Waals surface area contributed by atoms with E-state index in [1.54, 1.807) is 0 Å². The van der Waals surface area contributed by atoms with Gasteiger partial charge in [0.25, 0.3) is 0 Å². The van der Waals surface area contributed by atoms with E-state index in [1.165, 1.54) is 2.89 Å². The molecule has 0 bridgehead atoms. The second kappa shape index (κ2) is 6.46. The van der Waals surface area contributed by atoms with Crippen molar-refractivity contribution in [3.63, 3.8) is 0 Å². The topological polar surface area (TPSA) is 66.1 Å². The van der Waals surface area contributed by atoms with Crippen LogP contribution in [0.5, 0.6) is 0 Å². The van der Waals surface area contributed by atoms with Crippen LogP contribution in [0, 0.1) is 0 Å². The first-order chi connectivity index (χ1) is 11.3. The third kappa shape index (κ3) is 3.10. The molecule has 0 radical (unpaired) electrons. The molecular weight excluding hydrogens is 437 g/mol. The van der Waals surface area contributed by atoms with Gasteiger partial charge in [0, 0.05) is 0 Å². The molecule has 2 aromatic rings. The van der Waals surface area contributed by atoms with E-state index in [-0.39, 0.29) is 10.3 Å². The molecule has 0 spiro atoms. The number of hydrogen-bond donors (Lipinski definition) is 0. The Kier molecular flexibility index (Phi) is 5.32. The summed E-state index contributed by atoms with van der Waals surface area (Å²) in [6, 6.07) is 0. The number of nitrogens with zero attached hydrogens (tertiary/aromatic N) is 5. The van der Waals surface area contributed by atoms with Crippen LogP contribution in [0.4, 0.5) is 0 Å². The summed E-state index contributed by atoms with van der Waals surface area (Å²) in [5.74, 6) is 0. The van der Waals surface area contributed by atoms with Crippen LogP contribution in [0.1, 0.15) is 68.0 Å². The first-order valence-electron chi connectivity index (χ1n) is 8.74. The van der Waals surface area contributed by atoms with E-state index in [1.807, 2.05) is 23.9 Å². The minimum absolute atomic E-state index is 0.215. The summed E-state index contributed by atoms with van der Waals surface area (Å²) in [5, 5.41) is 3.94. The predicted molar refractivity (Wildman–Crippen MR) is 110 cm³/mol. The molecule has 0 atom stereocenters. The van der Waals surface area contributed by atoms with Gasteiger partial charge in [-0.3, -0.25) is 0 Å². The van der Waals surface area contributed by atoms with Crippen LogP contribution >= 0.6 is 11.3 Å². The fourth-order valence-electron chi connectivity index (χ4n) is 5.77. The van der Waals surface area contributed by atoms with Crippen LogP contribution in [0.15, 0.2) is 17.6 Å². The fourth-order valence-corrected chi connectivity index (χ4v) is 42.1. The minimum atomic E-state index is -3.16. The van der Waals surface area contributed by atoms with Gasteiger partial charge in [-0.2, -0.15) is 0 Å². The van der Waals surface area contributed by atoms with Gasteiger partial charge in [0.1, 0.15) is 0 Å². The van der Waals surface area contributed by atoms with E-state index in [4.69, 9.17) is 5.53 Å². The van der Waals surface area contributed by atoms with Crippen molar-refractivity contribution in [2.24, 2.45) is 5.11 Å². The maximum absolute atomic E-state index is 8.92. The predicted octanol–water partition coefficient (Wildman–Crippen LogP) is 6.26. The molecule has 0 aromatic carbocycles. The van der Waals surface area contributed by atoms with Gasteiger partial charge < -0.3 is 0 Å². The first-order valence-corrected chi connectivity index (χ1v) is 15.3. The number of aromatic nitrogens is 2. The molecule has 138 valence electrons. The number of thiazole rings is 1. The molecule has 0 saturated carbocycles. The van der Waals surface area contributed by atoms with E-state index in [9.17, 15) is 0 Å². The molecule has 0 N–H and O–H groups in total. The quantitative estimate of drug-likeness (QED) is 0.227. The van der Waals surface area contributed by atoms with Crippen LogP contribution in [0.25, 0.3) is 15.3 Å². The molecule has 7 heteroatoms. The van der Waals surface area contributed by atoms with Gasteiger partial charge in [-0.1, -0.05) is 0 Å². The molecule has 2 heterocycles. The molecular formula is C18H31N5SSn. The average molecular weight is 468 g/mol. The van der Waals surface area contributed by atoms with Crippen molar-refractivity contribution in [3.8, 4) is 0 Å². The summed E-state index contributed by atoms with van der Waals surface area (Å²) in [6.45, 7) is 22.2. The summed E-state index contributed by atoms with van der Waals surface area (Å²) >= 11 is -1.28. The molecule has 0 amide bonds. The Labute approximate surface area is 159 Å². The number of fused-ring (bicyclic) bond motifs is 1. The van der Waals surface area contributed by atoms with E-state index < -0.39 is 18.4 Å². The zero-order valence-electron chi connectivity index (χ0n) is 17.0. The molecule has 2 rings (SSSR count). The van der Waals surface area contributed by atoms with E-state index in [0.29, 0.717) is 6.54 Å². The molecule has 2 aromatic heterocycles. The molecule has 0 fully saturated rings. The van der Waals surface area contributed by atoms with Crippen molar-refractivity contribution in [2.75, 3.05) is 0 Å². The maximum atomic E-state index is 8.92. The summed E-state index contributed by atoms with van der Waals surface area (Å²) in [4.78, 5) is 8.48. The normalized spacial score (nSPS) is 14.0. The zero-order valence-corrected chi connectivity index (χ0v) is 20.7. The second-order valence-corrected chi connectivity index (χ2v) is 30.5. The van der Waals surface area contributed by atoms with Crippen LogP contribution < -0.4 is 2.89 Å². The van der Waals surface area contributed by atoms with Crippen molar-refractivity contribution in [2.45, 2.75) is 79.2 Å². The standard InChI is InChI=1S/C6H4N5S.3C4H9.Sn/c7-10-9-1-5-3-12-6-2-8-4-11(5)6;3*1-4(2)3;/h2,4H,1H2;3*1-3H3;. The summed E-state index contributed by atoms with van der Waals surface area (Å²) in [5.41, 5.74) is 10.1. The molecule has 0 saturated heterocycles. The van der Waals surface area contributed by atoms with Gasteiger partial charge in [-0.05, 0) is 0 Å². The Morgan fingerprint density at radius 2 is 1.60 bits per heavy atom. The van der Waals surface area contributed by atoms with Crippen LogP contribution in [-0.4, -0.2) is 27.8 Å². The van der Waals surface area contributed by atoms with E-state index in [0.717, 1.165) is 10.5 Å². The number of hydrogen-bond acceptors (Lipinski definition) is 3. The van der Waals surface area contributed by atoms with Crippen molar-refractivity contribution in [3.05, 3.63) is 28.7 Å². The summed E-state index contributed by atoms with van der Waals surface area (Å²) in [6.07, 6.45) is 3.79. The van der Waals surface area contributed by atoms with Gasteiger partial charge >= 0.3 is 160 Å². The van der Waals surface area contributed by atoms with Gasteiger partial charge in [0.2, 0.25) is 0 Å². The molecule has 25 heavy (non-hydrogen) atoms. The van der Waals surface area contributed by atoms with Crippen LogP contribution in [0.3, 0.4) is 0 Å². The average Bonchev–Trinajstić information content (AvgIpc) is 2.93. The molecule has 0 aliphatic heterocycles. The SMILES string of the molecule is C[C](C)(C)[Sn]([c]1sc2cncn2c1CN=[N+]=[N-])([C](C)(C)C)[C](C)(C)C. The Hall–Kier alpha value is -0.721. The summed E-state index contributed by atoms with van der Waals surface area (Å²) < 4.78 is 4.31. The monoisotopic (exact) mass is 469 g/mol. The van der Waals surface area contributed by atoms with Crippen molar-refractivity contribution in [1.82, 2.24) is 9.38 Å². The van der Waals surface area contributed by atoms with E-state index in [2.05, 4.69) is 81.7 Å². The second-order valence-electron chi connectivity index (χ2n) is 9.87. The fraction of sp³-hybridized carbons (Fsp3) is 0.722. The van der Waals surface area contributed by atoms with Gasteiger partial charge in [-0.15, -0.1) is 0 Å². The molecule has 0 unspecified atom stereocenters. The van der Waals surface area contributed by atoms with Gasteiger partial charge in [-0.25, -0.2) is 0 Å². The summed E-state index contributed by atoms with van der Waals surface area (Å²) in [7, 11) is 0. The molecule has 0 aliphatic rings. The Bertz CT molecular complexity index is 771. The number of azide groups is 1. The van der Waals surface area contributed by atoms with Crippen molar-refractivity contribution >= 4 is 37.4 Å². The third-order valence-corrected chi connectivity index (χ3v) is 31.3. The molecule has 0 aliphatic carbocycles. The van der Waals surface area contributed by atoms with Crippen molar-refractivity contribution < 1.29 is 0 Å². The Morgan fingerprint density at radius 3 is 2.04 bits per heavy atom. The van der Waals surface area contributed by atoms with Crippen LogP contribution in [-0.2, 0) is 6.54 Å². The third-order valence-electron chi connectivity index (χ3n) is 5.36. The zero-order chi connectivity index (χ0) is 19.3.